The number of hydrogen-bond acceptors (Lipinski definition) is 1. The van der Waals surface area contributed by atoms with Crippen molar-refractivity contribution in [3.8, 4) is 55.6 Å². The second kappa shape index (κ2) is 11.1. The number of fused-ring (bicyclic) bond motifs is 11. The zero-order valence-corrected chi connectivity index (χ0v) is 33.1. The summed E-state index contributed by atoms with van der Waals surface area (Å²) in [5.41, 5.74) is 26.1. The predicted molar refractivity (Wildman–Crippen MR) is 238 cm³/mol. The molecule has 4 aliphatic rings. The monoisotopic (exact) mass is 729 g/mol. The van der Waals surface area contributed by atoms with E-state index in [0.29, 0.717) is 0 Å². The third-order valence-electron chi connectivity index (χ3n) is 14.2. The summed E-state index contributed by atoms with van der Waals surface area (Å²) in [4.78, 5) is 2.57. The minimum absolute atomic E-state index is 0.109. The summed E-state index contributed by atoms with van der Waals surface area (Å²) >= 11 is 0. The molecular formula is C56H43N. The third kappa shape index (κ3) is 4.04. The Balaban J connectivity index is 1.12. The molecular weight excluding hydrogens is 687 g/mol. The van der Waals surface area contributed by atoms with Crippen LogP contribution in [0.4, 0.5) is 17.1 Å². The van der Waals surface area contributed by atoms with Gasteiger partial charge in [0.2, 0.25) is 0 Å². The van der Waals surface area contributed by atoms with E-state index in [1.807, 2.05) is 0 Å². The lowest BCUT2D eigenvalue weighted by molar-refractivity contribution is 0.660. The largest absolute Gasteiger partial charge is 0.310 e. The van der Waals surface area contributed by atoms with Gasteiger partial charge >= 0.3 is 0 Å². The van der Waals surface area contributed by atoms with E-state index < -0.39 is 0 Å². The Morgan fingerprint density at radius 2 is 0.684 bits per heavy atom. The molecule has 0 saturated carbocycles. The van der Waals surface area contributed by atoms with Crippen molar-refractivity contribution >= 4 is 17.1 Å². The molecule has 8 aromatic carbocycles. The van der Waals surface area contributed by atoms with E-state index in [0.717, 1.165) is 0 Å². The maximum atomic E-state index is 2.57. The first kappa shape index (κ1) is 32.8. The molecule has 272 valence electrons. The SMILES string of the molecule is CC1(C)c2ccccc2-c2cccc(-c3cccc(N4c5cccc6c5C(C)(c5ccccc5-6)c5c(-c6cccc7c6C(C)(C)c6ccccc6-7)cccc54)c3)c21. The van der Waals surface area contributed by atoms with Gasteiger partial charge in [-0.05, 0) is 126 Å². The molecule has 0 saturated heterocycles. The van der Waals surface area contributed by atoms with Crippen molar-refractivity contribution in [2.24, 2.45) is 0 Å². The van der Waals surface area contributed by atoms with E-state index in [9.17, 15) is 0 Å². The molecule has 1 atom stereocenters. The van der Waals surface area contributed by atoms with Crippen LogP contribution in [0.5, 0.6) is 0 Å². The van der Waals surface area contributed by atoms with E-state index >= 15 is 0 Å². The van der Waals surface area contributed by atoms with Crippen molar-refractivity contribution in [3.05, 3.63) is 209 Å². The molecule has 0 amide bonds. The number of hydrogen-bond donors (Lipinski definition) is 0. The Hall–Kier alpha value is -6.44. The number of anilines is 3. The lowest BCUT2D eigenvalue weighted by Crippen LogP contribution is -2.33. The fraction of sp³-hybridized carbons (Fsp3) is 0.143. The summed E-state index contributed by atoms with van der Waals surface area (Å²) in [7, 11) is 0. The van der Waals surface area contributed by atoms with Crippen molar-refractivity contribution in [2.45, 2.75) is 50.9 Å². The average molecular weight is 730 g/mol. The molecule has 8 aromatic rings. The number of nitrogens with zero attached hydrogens (tertiary/aromatic N) is 1. The highest BCUT2D eigenvalue weighted by molar-refractivity contribution is 6.01. The average Bonchev–Trinajstić information content (AvgIpc) is 3.76. The Kier molecular flexibility index (Phi) is 6.39. The Bertz CT molecular complexity index is 3050. The lowest BCUT2D eigenvalue weighted by atomic mass is 9.67. The summed E-state index contributed by atoms with van der Waals surface area (Å²) in [6, 6.07) is 64.3. The molecule has 0 spiro atoms. The molecule has 0 N–H and O–H groups in total. The normalized spacial score (nSPS) is 17.9. The van der Waals surface area contributed by atoms with Crippen LogP contribution in [0.25, 0.3) is 55.6 Å². The standard InChI is InChI=1S/C56H43N/c1-54(2)45-28-9-6-19-37(45)40-23-13-22-36(50(40)54)34-17-12-18-35(33-34)57-48-31-15-26-42-39-21-8-11-30-47(39)56(5,52(42)48)53-44(27-16-32-49(53)57)43-25-14-24-41-38-20-7-10-29-46(38)55(3,4)51(41)43/h6-33H,1-5H3. The molecule has 0 aromatic heterocycles. The first-order valence-corrected chi connectivity index (χ1v) is 20.5. The van der Waals surface area contributed by atoms with Crippen LogP contribution in [0.3, 0.4) is 0 Å². The van der Waals surface area contributed by atoms with Gasteiger partial charge in [0, 0.05) is 21.9 Å². The zero-order chi connectivity index (χ0) is 38.4. The molecule has 3 aliphatic carbocycles. The minimum atomic E-state index is -0.364. The van der Waals surface area contributed by atoms with Crippen molar-refractivity contribution in [1.82, 2.24) is 0 Å². The van der Waals surface area contributed by atoms with Crippen LogP contribution >= 0.6 is 0 Å². The highest BCUT2D eigenvalue weighted by atomic mass is 15.2. The quantitative estimate of drug-likeness (QED) is 0.175. The van der Waals surface area contributed by atoms with Gasteiger partial charge in [0.1, 0.15) is 0 Å². The molecule has 57 heavy (non-hydrogen) atoms. The van der Waals surface area contributed by atoms with Crippen LogP contribution in [0, 0.1) is 0 Å². The van der Waals surface area contributed by atoms with Crippen molar-refractivity contribution in [1.29, 1.82) is 0 Å². The van der Waals surface area contributed by atoms with Crippen LogP contribution in [0.15, 0.2) is 170 Å². The fourth-order valence-corrected chi connectivity index (χ4v) is 11.9. The van der Waals surface area contributed by atoms with Gasteiger partial charge in [0.15, 0.2) is 0 Å². The van der Waals surface area contributed by atoms with Gasteiger partial charge in [0.25, 0.3) is 0 Å². The second-order valence-electron chi connectivity index (χ2n) is 17.8. The molecule has 1 heterocycles. The lowest BCUT2D eigenvalue weighted by Gasteiger charge is -2.44. The summed E-state index contributed by atoms with van der Waals surface area (Å²) in [5.74, 6) is 0. The minimum Gasteiger partial charge on any atom is -0.310 e. The van der Waals surface area contributed by atoms with Crippen LogP contribution in [0.2, 0.25) is 0 Å². The van der Waals surface area contributed by atoms with Crippen LogP contribution in [-0.2, 0) is 16.2 Å². The van der Waals surface area contributed by atoms with Gasteiger partial charge in [-0.1, -0.05) is 173 Å². The van der Waals surface area contributed by atoms with Gasteiger partial charge in [-0.15, -0.1) is 0 Å². The second-order valence-corrected chi connectivity index (χ2v) is 17.8. The molecule has 1 heteroatoms. The van der Waals surface area contributed by atoms with Crippen molar-refractivity contribution in [3.63, 3.8) is 0 Å². The molecule has 0 bridgehead atoms. The summed E-state index contributed by atoms with van der Waals surface area (Å²) in [6.45, 7) is 12.1. The van der Waals surface area contributed by atoms with Gasteiger partial charge in [-0.25, -0.2) is 0 Å². The van der Waals surface area contributed by atoms with E-state index in [2.05, 4.69) is 209 Å². The van der Waals surface area contributed by atoms with Gasteiger partial charge < -0.3 is 4.90 Å². The van der Waals surface area contributed by atoms with Gasteiger partial charge in [0.05, 0.1) is 11.4 Å². The van der Waals surface area contributed by atoms with E-state index in [1.165, 1.54) is 112 Å². The highest BCUT2D eigenvalue weighted by Crippen LogP contribution is 2.65. The number of rotatable bonds is 3. The zero-order valence-electron chi connectivity index (χ0n) is 33.1. The fourth-order valence-electron chi connectivity index (χ4n) is 11.9. The molecule has 1 unspecified atom stereocenters. The van der Waals surface area contributed by atoms with Gasteiger partial charge in [-0.3, -0.25) is 0 Å². The van der Waals surface area contributed by atoms with Crippen molar-refractivity contribution < 1.29 is 0 Å². The van der Waals surface area contributed by atoms with Gasteiger partial charge in [-0.2, -0.15) is 0 Å². The summed E-state index contributed by atoms with van der Waals surface area (Å²) in [6.07, 6.45) is 0. The molecule has 12 rings (SSSR count). The Morgan fingerprint density at radius 1 is 0.316 bits per heavy atom. The highest BCUT2D eigenvalue weighted by Gasteiger charge is 2.50. The Labute approximate surface area is 335 Å². The first-order chi connectivity index (χ1) is 27.7. The topological polar surface area (TPSA) is 3.24 Å². The maximum Gasteiger partial charge on any atom is 0.0512 e. The number of benzene rings is 8. The van der Waals surface area contributed by atoms with Crippen LogP contribution < -0.4 is 4.90 Å². The predicted octanol–water partition coefficient (Wildman–Crippen LogP) is 14.8. The maximum absolute atomic E-state index is 2.57. The van der Waals surface area contributed by atoms with E-state index in [4.69, 9.17) is 0 Å². The van der Waals surface area contributed by atoms with E-state index in [-0.39, 0.29) is 16.2 Å². The Morgan fingerprint density at radius 3 is 1.25 bits per heavy atom. The summed E-state index contributed by atoms with van der Waals surface area (Å²) in [5, 5.41) is 0. The molecule has 1 nitrogen and oxygen atoms in total. The van der Waals surface area contributed by atoms with Crippen LogP contribution in [0.1, 0.15) is 73.6 Å². The summed E-state index contributed by atoms with van der Waals surface area (Å²) < 4.78 is 0. The third-order valence-corrected chi connectivity index (χ3v) is 14.2. The molecule has 0 radical (unpaired) electrons. The molecule has 0 fully saturated rings. The smallest absolute Gasteiger partial charge is 0.0512 e. The van der Waals surface area contributed by atoms with E-state index in [1.54, 1.807) is 0 Å². The molecule has 1 aliphatic heterocycles. The first-order valence-electron chi connectivity index (χ1n) is 20.5. The van der Waals surface area contributed by atoms with Crippen molar-refractivity contribution in [2.75, 3.05) is 4.90 Å². The van der Waals surface area contributed by atoms with Crippen LogP contribution in [-0.4, -0.2) is 0 Å².